The molecule has 0 heterocycles. The van der Waals surface area contributed by atoms with E-state index in [1.54, 1.807) is 42.5 Å². The molecular weight excluding hydrogens is 352 g/mol. The summed E-state index contributed by atoms with van der Waals surface area (Å²) in [6.45, 7) is 0. The van der Waals surface area contributed by atoms with Gasteiger partial charge >= 0.3 is 5.97 Å². The van der Waals surface area contributed by atoms with Crippen molar-refractivity contribution in [1.29, 1.82) is 0 Å². The summed E-state index contributed by atoms with van der Waals surface area (Å²) in [4.78, 5) is 11.7. The second-order valence-corrected chi connectivity index (χ2v) is 6.07. The lowest BCUT2D eigenvalue weighted by Crippen LogP contribution is -2.29. The van der Waals surface area contributed by atoms with Crippen molar-refractivity contribution < 1.29 is 19.4 Å². The lowest BCUT2D eigenvalue weighted by Gasteiger charge is -2.17. The van der Waals surface area contributed by atoms with Crippen LogP contribution in [0.5, 0.6) is 17.2 Å². The molecule has 26 heavy (non-hydrogen) atoms. The van der Waals surface area contributed by atoms with Crippen molar-refractivity contribution in [2.45, 2.75) is 12.5 Å². The topological polar surface area (TPSA) is 55.8 Å². The largest absolute Gasteiger partial charge is 0.478 e. The molecular formula is C21H17ClO4. The Morgan fingerprint density at radius 1 is 0.923 bits per heavy atom. The van der Waals surface area contributed by atoms with E-state index in [2.05, 4.69) is 0 Å². The Hall–Kier alpha value is -2.98. The van der Waals surface area contributed by atoms with Crippen LogP contribution in [0.4, 0.5) is 0 Å². The average molecular weight is 369 g/mol. The van der Waals surface area contributed by atoms with E-state index in [-0.39, 0.29) is 6.42 Å². The molecule has 1 N–H and O–H groups in total. The number of hydrogen-bond donors (Lipinski definition) is 1. The number of halogens is 1. The minimum atomic E-state index is -1.06. The molecule has 0 spiro atoms. The molecule has 0 unspecified atom stereocenters. The Balaban J connectivity index is 1.84. The first-order valence-electron chi connectivity index (χ1n) is 8.07. The Kier molecular flexibility index (Phi) is 5.77. The number of para-hydroxylation sites is 2. The molecule has 3 aromatic carbocycles. The molecule has 0 aliphatic carbocycles. The molecule has 0 amide bonds. The maximum Gasteiger partial charge on any atom is 0.345 e. The van der Waals surface area contributed by atoms with Crippen LogP contribution in [0.2, 0.25) is 5.02 Å². The molecule has 3 rings (SSSR count). The highest BCUT2D eigenvalue weighted by Gasteiger charge is 2.22. The van der Waals surface area contributed by atoms with E-state index in [4.69, 9.17) is 21.1 Å². The van der Waals surface area contributed by atoms with E-state index in [9.17, 15) is 9.90 Å². The summed E-state index contributed by atoms with van der Waals surface area (Å²) in [5, 5.41) is 10.1. The molecule has 3 aromatic rings. The minimum absolute atomic E-state index is 0.118. The number of ether oxygens (including phenoxy) is 2. The normalized spacial score (nSPS) is 11.6. The van der Waals surface area contributed by atoms with Crippen molar-refractivity contribution in [3.8, 4) is 17.2 Å². The first-order valence-corrected chi connectivity index (χ1v) is 8.45. The lowest BCUT2D eigenvalue weighted by molar-refractivity contribution is -0.145. The van der Waals surface area contributed by atoms with Crippen molar-refractivity contribution in [3.63, 3.8) is 0 Å². The van der Waals surface area contributed by atoms with Crippen LogP contribution in [0, 0.1) is 0 Å². The number of carbonyl (C=O) groups is 1. The highest BCUT2D eigenvalue weighted by atomic mass is 35.5. The summed E-state index contributed by atoms with van der Waals surface area (Å²) < 4.78 is 11.5. The number of hydrogen-bond acceptors (Lipinski definition) is 3. The van der Waals surface area contributed by atoms with Crippen LogP contribution < -0.4 is 9.47 Å². The Bertz CT molecular complexity index is 866. The van der Waals surface area contributed by atoms with Gasteiger partial charge in [-0.3, -0.25) is 0 Å². The van der Waals surface area contributed by atoms with Crippen LogP contribution in [0.15, 0.2) is 78.9 Å². The Morgan fingerprint density at radius 2 is 1.54 bits per heavy atom. The summed E-state index contributed by atoms with van der Waals surface area (Å²) in [5.74, 6) is 0.641. The third kappa shape index (κ3) is 4.77. The van der Waals surface area contributed by atoms with E-state index in [1.807, 2.05) is 36.4 Å². The lowest BCUT2D eigenvalue weighted by atomic mass is 10.1. The van der Waals surface area contributed by atoms with Gasteiger partial charge in [0.25, 0.3) is 0 Å². The van der Waals surface area contributed by atoms with Gasteiger partial charge in [-0.2, -0.15) is 0 Å². The smallest absolute Gasteiger partial charge is 0.345 e. The van der Waals surface area contributed by atoms with Gasteiger partial charge in [0.1, 0.15) is 17.2 Å². The van der Waals surface area contributed by atoms with E-state index in [1.165, 1.54) is 0 Å². The van der Waals surface area contributed by atoms with Crippen molar-refractivity contribution in [2.24, 2.45) is 0 Å². The summed E-state index contributed by atoms with van der Waals surface area (Å²) >= 11 is 6.10. The summed E-state index contributed by atoms with van der Waals surface area (Å²) in [7, 11) is 0. The highest BCUT2D eigenvalue weighted by molar-refractivity contribution is 6.30. The zero-order valence-corrected chi connectivity index (χ0v) is 14.6. The number of rotatable bonds is 7. The molecule has 0 aromatic heterocycles. The van der Waals surface area contributed by atoms with Crippen molar-refractivity contribution in [1.82, 2.24) is 0 Å². The van der Waals surface area contributed by atoms with Crippen molar-refractivity contribution in [2.75, 3.05) is 0 Å². The fraction of sp³-hybridized carbons (Fsp3) is 0.0952. The van der Waals surface area contributed by atoms with E-state index in [0.717, 1.165) is 0 Å². The maximum atomic E-state index is 11.7. The van der Waals surface area contributed by atoms with Gasteiger partial charge in [0.15, 0.2) is 6.10 Å². The molecule has 4 nitrogen and oxygen atoms in total. The fourth-order valence-electron chi connectivity index (χ4n) is 2.47. The SMILES string of the molecule is O=C(O)[C@@H](Cc1cc(Cl)ccc1Oc1ccccc1)Oc1ccccc1. The Labute approximate surface area is 156 Å². The standard InChI is InChI=1S/C21H17ClO4/c22-16-11-12-19(25-17-7-3-1-4-8-17)15(13-16)14-20(21(23)24)26-18-9-5-2-6-10-18/h1-13,20H,14H2,(H,23,24)/t20-/m1/s1. The molecule has 0 saturated carbocycles. The molecule has 0 fully saturated rings. The number of carboxylic acids is 1. The van der Waals surface area contributed by atoms with Crippen LogP contribution >= 0.6 is 11.6 Å². The van der Waals surface area contributed by atoms with Gasteiger partial charge in [-0.15, -0.1) is 0 Å². The quantitative estimate of drug-likeness (QED) is 0.622. The molecule has 0 bridgehead atoms. The number of aliphatic carboxylic acids is 1. The molecule has 0 radical (unpaired) electrons. The predicted molar refractivity (Wildman–Crippen MR) is 100 cm³/mol. The third-order valence-corrected chi connectivity index (χ3v) is 3.93. The van der Waals surface area contributed by atoms with Gasteiger partial charge < -0.3 is 14.6 Å². The van der Waals surface area contributed by atoms with Gasteiger partial charge in [-0.05, 0) is 42.5 Å². The third-order valence-electron chi connectivity index (χ3n) is 3.70. The molecule has 132 valence electrons. The van der Waals surface area contributed by atoms with Crippen LogP contribution in [0.3, 0.4) is 0 Å². The fourth-order valence-corrected chi connectivity index (χ4v) is 2.66. The van der Waals surface area contributed by atoms with Crippen LogP contribution in [0.1, 0.15) is 5.56 Å². The van der Waals surface area contributed by atoms with Gasteiger partial charge in [0.05, 0.1) is 0 Å². The summed E-state index contributed by atoms with van der Waals surface area (Å²) in [6, 6.07) is 23.3. The summed E-state index contributed by atoms with van der Waals surface area (Å²) in [5.41, 5.74) is 0.657. The first kappa shape index (κ1) is 17.8. The molecule has 0 saturated heterocycles. The summed E-state index contributed by atoms with van der Waals surface area (Å²) in [6.07, 6.45) is -0.943. The predicted octanol–water partition coefficient (Wildman–Crippen LogP) is 5.21. The van der Waals surface area contributed by atoms with E-state index >= 15 is 0 Å². The maximum absolute atomic E-state index is 11.7. The zero-order valence-electron chi connectivity index (χ0n) is 13.8. The van der Waals surface area contributed by atoms with E-state index < -0.39 is 12.1 Å². The highest BCUT2D eigenvalue weighted by Crippen LogP contribution is 2.29. The molecule has 0 aliphatic rings. The van der Waals surface area contributed by atoms with Gasteiger partial charge in [0.2, 0.25) is 0 Å². The second kappa shape index (κ2) is 8.41. The zero-order chi connectivity index (χ0) is 18.4. The monoisotopic (exact) mass is 368 g/mol. The van der Waals surface area contributed by atoms with Crippen molar-refractivity contribution in [3.05, 3.63) is 89.4 Å². The number of carboxylic acid groups (broad SMARTS) is 1. The van der Waals surface area contributed by atoms with Gasteiger partial charge in [-0.25, -0.2) is 4.79 Å². The molecule has 0 aliphatic heterocycles. The Morgan fingerprint density at radius 3 is 2.15 bits per heavy atom. The van der Waals surface area contributed by atoms with Crippen LogP contribution in [-0.4, -0.2) is 17.2 Å². The van der Waals surface area contributed by atoms with Gasteiger partial charge in [-0.1, -0.05) is 48.0 Å². The molecule has 5 heteroatoms. The minimum Gasteiger partial charge on any atom is -0.478 e. The first-order chi connectivity index (χ1) is 12.6. The molecule has 1 atom stereocenters. The van der Waals surface area contributed by atoms with Crippen LogP contribution in [0.25, 0.3) is 0 Å². The van der Waals surface area contributed by atoms with Gasteiger partial charge in [0, 0.05) is 17.0 Å². The van der Waals surface area contributed by atoms with Crippen molar-refractivity contribution >= 4 is 17.6 Å². The van der Waals surface area contributed by atoms with Crippen LogP contribution in [-0.2, 0) is 11.2 Å². The van der Waals surface area contributed by atoms with E-state index in [0.29, 0.717) is 27.8 Å². The number of benzene rings is 3. The average Bonchev–Trinajstić information content (AvgIpc) is 2.65. The second-order valence-electron chi connectivity index (χ2n) is 5.63.